The predicted octanol–water partition coefficient (Wildman–Crippen LogP) is 3.10. The Hall–Kier alpha value is -1.62. The SMILES string of the molecule is CNS(=O)(=O)c1cc(C(F)(F)F)cc(S(=O)(=O)c2ccc(Cl)cc2)c1. The fourth-order valence-corrected chi connectivity index (χ4v) is 4.24. The Morgan fingerprint density at radius 1 is 0.880 bits per heavy atom. The van der Waals surface area contributed by atoms with Gasteiger partial charge in [0.2, 0.25) is 19.9 Å². The number of nitrogens with one attached hydrogen (secondary N) is 1. The molecule has 25 heavy (non-hydrogen) atoms. The second-order valence-electron chi connectivity index (χ2n) is 4.86. The summed E-state index contributed by atoms with van der Waals surface area (Å²) in [6.45, 7) is 0. The Bertz CT molecular complexity index is 1000. The van der Waals surface area contributed by atoms with E-state index < -0.39 is 41.4 Å². The first-order valence-corrected chi connectivity index (χ1v) is 9.89. The van der Waals surface area contributed by atoms with Crippen LogP contribution in [0.3, 0.4) is 0 Å². The van der Waals surface area contributed by atoms with Gasteiger partial charge in [-0.05, 0) is 49.5 Å². The zero-order chi connectivity index (χ0) is 19.0. The lowest BCUT2D eigenvalue weighted by Gasteiger charge is -2.13. The molecule has 0 fully saturated rings. The summed E-state index contributed by atoms with van der Waals surface area (Å²) in [5.41, 5.74) is -1.39. The minimum absolute atomic E-state index is 0.237. The molecule has 0 aliphatic rings. The summed E-state index contributed by atoms with van der Waals surface area (Å²) in [6.07, 6.45) is -4.93. The first-order chi connectivity index (χ1) is 11.4. The largest absolute Gasteiger partial charge is 0.416 e. The van der Waals surface area contributed by atoms with Crippen LogP contribution in [0.25, 0.3) is 0 Å². The lowest BCUT2D eigenvalue weighted by molar-refractivity contribution is -0.137. The highest BCUT2D eigenvalue weighted by Crippen LogP contribution is 2.34. The fraction of sp³-hybridized carbons (Fsp3) is 0.143. The molecule has 0 aliphatic carbocycles. The molecule has 0 saturated heterocycles. The standard InChI is InChI=1S/C14H11ClF3NO4S2/c1-19-25(22,23)13-7-9(14(16,17)18)6-12(8-13)24(20,21)11-4-2-10(15)3-5-11/h2-8,19H,1H3. The van der Waals surface area contributed by atoms with Gasteiger partial charge in [0.15, 0.2) is 0 Å². The molecule has 0 aromatic heterocycles. The Kier molecular flexibility index (Phi) is 5.20. The first kappa shape index (κ1) is 19.7. The lowest BCUT2D eigenvalue weighted by Crippen LogP contribution is -2.20. The van der Waals surface area contributed by atoms with Crippen LogP contribution >= 0.6 is 11.6 Å². The van der Waals surface area contributed by atoms with Crippen LogP contribution < -0.4 is 4.72 Å². The van der Waals surface area contributed by atoms with Crippen molar-refractivity contribution in [2.45, 2.75) is 20.9 Å². The molecule has 0 atom stereocenters. The molecule has 0 aliphatic heterocycles. The normalized spacial score (nSPS) is 13.0. The Labute approximate surface area is 147 Å². The van der Waals surface area contributed by atoms with Gasteiger partial charge in [-0.3, -0.25) is 0 Å². The Balaban J connectivity index is 2.76. The maximum atomic E-state index is 13.1. The van der Waals surface area contributed by atoms with E-state index in [2.05, 4.69) is 0 Å². The lowest BCUT2D eigenvalue weighted by atomic mass is 10.2. The Morgan fingerprint density at radius 3 is 1.88 bits per heavy atom. The van der Waals surface area contributed by atoms with E-state index in [9.17, 15) is 30.0 Å². The van der Waals surface area contributed by atoms with Crippen molar-refractivity contribution in [3.05, 3.63) is 53.1 Å². The van der Waals surface area contributed by atoms with Crippen molar-refractivity contribution in [1.29, 1.82) is 0 Å². The molecule has 0 saturated carbocycles. The number of hydrogen-bond donors (Lipinski definition) is 1. The van der Waals surface area contributed by atoms with Gasteiger partial charge in [-0.1, -0.05) is 11.6 Å². The van der Waals surface area contributed by atoms with Crippen LogP contribution in [0.4, 0.5) is 13.2 Å². The average Bonchev–Trinajstić information content (AvgIpc) is 2.54. The van der Waals surface area contributed by atoms with E-state index in [-0.39, 0.29) is 9.92 Å². The molecule has 0 heterocycles. The number of rotatable bonds is 4. The minimum atomic E-state index is -4.93. The van der Waals surface area contributed by atoms with Gasteiger partial charge in [0.1, 0.15) is 0 Å². The molecule has 0 unspecified atom stereocenters. The van der Waals surface area contributed by atoms with Gasteiger partial charge in [-0.15, -0.1) is 0 Å². The van der Waals surface area contributed by atoms with Gasteiger partial charge in [0.25, 0.3) is 0 Å². The molecule has 2 rings (SSSR count). The third kappa shape index (κ3) is 4.14. The quantitative estimate of drug-likeness (QED) is 0.835. The fourth-order valence-electron chi connectivity index (χ4n) is 1.91. The summed E-state index contributed by atoms with van der Waals surface area (Å²) in [4.78, 5) is -1.92. The summed E-state index contributed by atoms with van der Waals surface area (Å²) in [6, 6.07) is 6.17. The van der Waals surface area contributed by atoms with E-state index in [0.717, 1.165) is 19.2 Å². The molecule has 136 valence electrons. The van der Waals surface area contributed by atoms with Crippen molar-refractivity contribution in [1.82, 2.24) is 4.72 Å². The zero-order valence-corrected chi connectivity index (χ0v) is 14.9. The zero-order valence-electron chi connectivity index (χ0n) is 12.5. The molecule has 11 heteroatoms. The first-order valence-electron chi connectivity index (χ1n) is 6.54. The van der Waals surface area contributed by atoms with Crippen LogP contribution in [0.1, 0.15) is 5.56 Å². The second-order valence-corrected chi connectivity index (χ2v) is 9.13. The molecule has 5 nitrogen and oxygen atoms in total. The van der Waals surface area contributed by atoms with E-state index >= 15 is 0 Å². The Morgan fingerprint density at radius 2 is 1.40 bits per heavy atom. The average molecular weight is 414 g/mol. The smallest absolute Gasteiger partial charge is 0.219 e. The van der Waals surface area contributed by atoms with Crippen LogP contribution in [0.2, 0.25) is 5.02 Å². The minimum Gasteiger partial charge on any atom is -0.219 e. The predicted molar refractivity (Wildman–Crippen MR) is 84.6 cm³/mol. The summed E-state index contributed by atoms with van der Waals surface area (Å²) in [7, 11) is -7.67. The maximum absolute atomic E-state index is 13.1. The molecular formula is C14H11ClF3NO4S2. The van der Waals surface area contributed by atoms with Gasteiger partial charge >= 0.3 is 6.18 Å². The van der Waals surface area contributed by atoms with Gasteiger partial charge in [-0.2, -0.15) is 13.2 Å². The van der Waals surface area contributed by atoms with Crippen LogP contribution in [0.5, 0.6) is 0 Å². The monoisotopic (exact) mass is 413 g/mol. The summed E-state index contributed by atoms with van der Waals surface area (Å²) < 4.78 is 89.9. The molecule has 2 aromatic rings. The third-order valence-electron chi connectivity index (χ3n) is 3.22. The highest BCUT2D eigenvalue weighted by molar-refractivity contribution is 7.91. The molecule has 2 aromatic carbocycles. The number of halogens is 4. The van der Waals surface area contributed by atoms with Gasteiger partial charge in [-0.25, -0.2) is 21.6 Å². The van der Waals surface area contributed by atoms with E-state index in [4.69, 9.17) is 11.6 Å². The number of hydrogen-bond acceptors (Lipinski definition) is 4. The number of sulfone groups is 1. The summed E-state index contributed by atoms with van der Waals surface area (Å²) in [5.74, 6) is 0. The third-order valence-corrected chi connectivity index (χ3v) is 6.62. The van der Waals surface area contributed by atoms with Crippen molar-refractivity contribution in [2.24, 2.45) is 0 Å². The topological polar surface area (TPSA) is 80.3 Å². The maximum Gasteiger partial charge on any atom is 0.416 e. The van der Waals surface area contributed by atoms with Crippen molar-refractivity contribution in [2.75, 3.05) is 7.05 Å². The van der Waals surface area contributed by atoms with Crippen LogP contribution in [0.15, 0.2) is 57.2 Å². The van der Waals surface area contributed by atoms with Gasteiger partial charge < -0.3 is 0 Å². The van der Waals surface area contributed by atoms with Crippen molar-refractivity contribution < 1.29 is 30.0 Å². The van der Waals surface area contributed by atoms with Crippen LogP contribution in [-0.4, -0.2) is 23.9 Å². The number of sulfonamides is 1. The highest BCUT2D eigenvalue weighted by atomic mass is 35.5. The molecule has 0 spiro atoms. The van der Waals surface area contributed by atoms with Crippen LogP contribution in [-0.2, 0) is 26.0 Å². The van der Waals surface area contributed by atoms with Gasteiger partial charge in [0.05, 0.1) is 20.2 Å². The number of alkyl halides is 3. The summed E-state index contributed by atoms with van der Waals surface area (Å²) in [5, 5.41) is 0.237. The molecule has 0 amide bonds. The highest BCUT2D eigenvalue weighted by Gasteiger charge is 2.34. The van der Waals surface area contributed by atoms with E-state index in [1.54, 1.807) is 0 Å². The van der Waals surface area contributed by atoms with E-state index in [1.165, 1.54) is 12.1 Å². The second kappa shape index (κ2) is 6.60. The number of benzene rings is 2. The summed E-state index contributed by atoms with van der Waals surface area (Å²) >= 11 is 5.67. The van der Waals surface area contributed by atoms with Crippen molar-refractivity contribution in [3.8, 4) is 0 Å². The molecule has 1 N–H and O–H groups in total. The van der Waals surface area contributed by atoms with Crippen LogP contribution in [0, 0.1) is 0 Å². The molecular weight excluding hydrogens is 403 g/mol. The molecule has 0 radical (unpaired) electrons. The van der Waals surface area contributed by atoms with Gasteiger partial charge in [0, 0.05) is 5.02 Å². The van der Waals surface area contributed by atoms with E-state index in [0.29, 0.717) is 18.2 Å². The van der Waals surface area contributed by atoms with E-state index in [1.807, 2.05) is 4.72 Å². The molecule has 0 bridgehead atoms. The van der Waals surface area contributed by atoms with Crippen molar-refractivity contribution >= 4 is 31.5 Å². The van der Waals surface area contributed by atoms with Crippen molar-refractivity contribution in [3.63, 3.8) is 0 Å².